The summed E-state index contributed by atoms with van der Waals surface area (Å²) in [4.78, 5) is 16.5. The molecule has 0 aliphatic heterocycles. The van der Waals surface area contributed by atoms with Crippen LogP contribution >= 0.6 is 22.9 Å². The maximum atomic E-state index is 12.1. The van der Waals surface area contributed by atoms with Crippen LogP contribution < -0.4 is 5.32 Å². The van der Waals surface area contributed by atoms with Crippen molar-refractivity contribution in [1.82, 2.24) is 20.1 Å². The number of amides is 1. The second-order valence-corrected chi connectivity index (χ2v) is 6.10. The highest BCUT2D eigenvalue weighted by atomic mass is 35.5. The molecule has 1 amide bonds. The Morgan fingerprint density at radius 2 is 2.40 bits per heavy atom. The van der Waals surface area contributed by atoms with E-state index in [2.05, 4.69) is 15.4 Å². The van der Waals surface area contributed by atoms with Gasteiger partial charge in [0, 0.05) is 25.4 Å². The number of halogens is 1. The first kappa shape index (κ1) is 15.0. The predicted molar refractivity (Wildman–Crippen MR) is 80.1 cm³/mol. The van der Waals surface area contributed by atoms with Gasteiger partial charge in [-0.2, -0.15) is 5.10 Å². The van der Waals surface area contributed by atoms with Crippen LogP contribution in [0.2, 0.25) is 4.34 Å². The summed E-state index contributed by atoms with van der Waals surface area (Å²) in [6, 6.07) is 1.56. The molecule has 0 saturated carbocycles. The largest absolute Gasteiger partial charge is 0.354 e. The summed E-state index contributed by atoms with van der Waals surface area (Å²) < 4.78 is 2.40. The third-order valence-electron chi connectivity index (χ3n) is 2.96. The van der Waals surface area contributed by atoms with Crippen molar-refractivity contribution < 1.29 is 4.79 Å². The molecule has 108 valence electrons. The number of carbonyl (C=O) groups is 1. The second kappa shape index (κ2) is 6.85. The SMILES string of the molecule is CC[C@H](C(=O)NCCc1nc(C)c(Cl)s1)n1cccn1. The van der Waals surface area contributed by atoms with E-state index in [0.29, 0.717) is 23.7 Å². The lowest BCUT2D eigenvalue weighted by atomic mass is 10.2. The Bertz CT molecular complexity index is 547. The molecule has 2 aromatic heterocycles. The van der Waals surface area contributed by atoms with Crippen LogP contribution in [0.4, 0.5) is 0 Å². The number of hydrogen-bond donors (Lipinski definition) is 1. The van der Waals surface area contributed by atoms with E-state index in [1.807, 2.05) is 19.9 Å². The number of aromatic nitrogens is 3. The Morgan fingerprint density at radius 3 is 2.95 bits per heavy atom. The van der Waals surface area contributed by atoms with E-state index >= 15 is 0 Å². The van der Waals surface area contributed by atoms with Gasteiger partial charge in [0.05, 0.1) is 10.7 Å². The van der Waals surface area contributed by atoms with Gasteiger partial charge >= 0.3 is 0 Å². The zero-order valence-corrected chi connectivity index (χ0v) is 13.0. The van der Waals surface area contributed by atoms with Crippen LogP contribution in [-0.4, -0.2) is 27.2 Å². The molecule has 2 rings (SSSR count). The summed E-state index contributed by atoms with van der Waals surface area (Å²) in [6.45, 7) is 4.40. The number of hydrogen-bond acceptors (Lipinski definition) is 4. The number of aryl methyl sites for hydroxylation is 1. The Kier molecular flexibility index (Phi) is 5.14. The Labute approximate surface area is 127 Å². The molecule has 0 bridgehead atoms. The Balaban J connectivity index is 1.85. The first-order valence-corrected chi connectivity index (χ1v) is 7.70. The minimum Gasteiger partial charge on any atom is -0.354 e. The highest BCUT2D eigenvalue weighted by Crippen LogP contribution is 2.23. The number of rotatable bonds is 6. The van der Waals surface area contributed by atoms with E-state index in [1.165, 1.54) is 11.3 Å². The van der Waals surface area contributed by atoms with E-state index in [9.17, 15) is 4.79 Å². The van der Waals surface area contributed by atoms with Crippen molar-refractivity contribution >= 4 is 28.8 Å². The minimum atomic E-state index is -0.258. The van der Waals surface area contributed by atoms with E-state index in [0.717, 1.165) is 10.7 Å². The van der Waals surface area contributed by atoms with Crippen LogP contribution in [-0.2, 0) is 11.2 Å². The summed E-state index contributed by atoms with van der Waals surface area (Å²) in [5.41, 5.74) is 0.848. The van der Waals surface area contributed by atoms with Gasteiger partial charge < -0.3 is 5.32 Å². The molecular formula is C13H17ClN4OS. The van der Waals surface area contributed by atoms with Crippen molar-refractivity contribution in [3.8, 4) is 0 Å². The molecule has 0 unspecified atom stereocenters. The highest BCUT2D eigenvalue weighted by molar-refractivity contribution is 7.16. The van der Waals surface area contributed by atoms with Crippen molar-refractivity contribution in [2.75, 3.05) is 6.54 Å². The van der Waals surface area contributed by atoms with E-state index < -0.39 is 0 Å². The van der Waals surface area contributed by atoms with Crippen molar-refractivity contribution in [2.24, 2.45) is 0 Å². The third kappa shape index (κ3) is 3.58. The molecule has 0 fully saturated rings. The minimum absolute atomic E-state index is 0.0180. The molecule has 2 aromatic rings. The molecule has 5 nitrogen and oxygen atoms in total. The maximum absolute atomic E-state index is 12.1. The molecule has 0 aliphatic rings. The molecule has 0 aliphatic carbocycles. The molecule has 2 heterocycles. The second-order valence-electron chi connectivity index (χ2n) is 4.42. The molecule has 1 atom stereocenters. The zero-order valence-electron chi connectivity index (χ0n) is 11.5. The van der Waals surface area contributed by atoms with E-state index in [4.69, 9.17) is 11.6 Å². The van der Waals surface area contributed by atoms with Crippen molar-refractivity contribution in [3.63, 3.8) is 0 Å². The van der Waals surface area contributed by atoms with Crippen molar-refractivity contribution in [1.29, 1.82) is 0 Å². The van der Waals surface area contributed by atoms with Gasteiger partial charge in [-0.1, -0.05) is 18.5 Å². The van der Waals surface area contributed by atoms with Gasteiger partial charge in [-0.15, -0.1) is 11.3 Å². The average Bonchev–Trinajstić information content (AvgIpc) is 3.02. The van der Waals surface area contributed by atoms with Gasteiger partial charge in [-0.05, 0) is 19.4 Å². The fraction of sp³-hybridized carbons (Fsp3) is 0.462. The topological polar surface area (TPSA) is 59.8 Å². The monoisotopic (exact) mass is 312 g/mol. The summed E-state index contributed by atoms with van der Waals surface area (Å²) in [5.74, 6) is -0.0180. The molecule has 1 N–H and O–H groups in total. The highest BCUT2D eigenvalue weighted by Gasteiger charge is 2.18. The Morgan fingerprint density at radius 1 is 1.60 bits per heavy atom. The maximum Gasteiger partial charge on any atom is 0.244 e. The lowest BCUT2D eigenvalue weighted by Gasteiger charge is -2.15. The lowest BCUT2D eigenvalue weighted by molar-refractivity contribution is -0.124. The zero-order chi connectivity index (χ0) is 14.5. The van der Waals surface area contributed by atoms with Gasteiger partial charge in [0.2, 0.25) is 5.91 Å². The molecular weight excluding hydrogens is 296 g/mol. The lowest BCUT2D eigenvalue weighted by Crippen LogP contribution is -2.33. The van der Waals surface area contributed by atoms with Gasteiger partial charge in [0.1, 0.15) is 10.4 Å². The van der Waals surface area contributed by atoms with Crippen LogP contribution in [0.25, 0.3) is 0 Å². The number of nitrogens with zero attached hydrogens (tertiary/aromatic N) is 3. The summed E-state index contributed by atoms with van der Waals surface area (Å²) >= 11 is 7.43. The van der Waals surface area contributed by atoms with Crippen molar-refractivity contribution in [3.05, 3.63) is 33.5 Å². The van der Waals surface area contributed by atoms with Crippen molar-refractivity contribution in [2.45, 2.75) is 32.7 Å². The molecule has 20 heavy (non-hydrogen) atoms. The first-order valence-electron chi connectivity index (χ1n) is 6.50. The van der Waals surface area contributed by atoms with Crippen LogP contribution in [0.5, 0.6) is 0 Å². The molecule has 0 spiro atoms. The van der Waals surface area contributed by atoms with Gasteiger partial charge in [-0.3, -0.25) is 9.48 Å². The van der Waals surface area contributed by atoms with E-state index in [-0.39, 0.29) is 11.9 Å². The molecule has 0 radical (unpaired) electrons. The fourth-order valence-electron chi connectivity index (χ4n) is 1.91. The Hall–Kier alpha value is -1.40. The molecule has 7 heteroatoms. The van der Waals surface area contributed by atoms with Gasteiger partial charge in [-0.25, -0.2) is 4.98 Å². The van der Waals surface area contributed by atoms with Gasteiger partial charge in [0.15, 0.2) is 0 Å². The standard InChI is InChI=1S/C13H17ClN4OS/c1-3-10(18-8-4-6-16-18)13(19)15-7-5-11-17-9(2)12(14)20-11/h4,6,8,10H,3,5,7H2,1-2H3,(H,15,19)/t10-/m1/s1. The van der Waals surface area contributed by atoms with E-state index in [1.54, 1.807) is 17.1 Å². The summed E-state index contributed by atoms with van der Waals surface area (Å²) in [6.07, 6.45) is 4.88. The van der Waals surface area contributed by atoms with Crippen LogP contribution in [0.1, 0.15) is 30.1 Å². The number of carbonyl (C=O) groups excluding carboxylic acids is 1. The summed E-state index contributed by atoms with van der Waals surface area (Å²) in [7, 11) is 0. The summed E-state index contributed by atoms with van der Waals surface area (Å²) in [5, 5.41) is 7.99. The molecule has 0 saturated heterocycles. The number of thiazole rings is 1. The molecule has 0 aromatic carbocycles. The normalized spacial score (nSPS) is 12.3. The first-order chi connectivity index (χ1) is 9.61. The van der Waals surface area contributed by atoms with Crippen LogP contribution in [0.3, 0.4) is 0 Å². The quantitative estimate of drug-likeness (QED) is 0.892. The average molecular weight is 313 g/mol. The smallest absolute Gasteiger partial charge is 0.244 e. The van der Waals surface area contributed by atoms with Crippen LogP contribution in [0.15, 0.2) is 18.5 Å². The third-order valence-corrected chi connectivity index (χ3v) is 4.47. The van der Waals surface area contributed by atoms with Gasteiger partial charge in [0.25, 0.3) is 0 Å². The predicted octanol–water partition coefficient (Wildman–Crippen LogP) is 2.61. The number of nitrogens with one attached hydrogen (secondary N) is 1. The fourth-order valence-corrected chi connectivity index (χ4v) is 3.00. The van der Waals surface area contributed by atoms with Crippen LogP contribution in [0, 0.1) is 6.92 Å².